The molecule has 0 radical (unpaired) electrons. The fourth-order valence-electron chi connectivity index (χ4n) is 2.07. The summed E-state index contributed by atoms with van der Waals surface area (Å²) in [6.45, 7) is 1.88. The van der Waals surface area contributed by atoms with Crippen molar-refractivity contribution in [2.24, 2.45) is 5.73 Å². The maximum absolute atomic E-state index is 12.0. The van der Waals surface area contributed by atoms with E-state index in [0.717, 1.165) is 12.0 Å². The minimum Gasteiger partial charge on any atom is -0.330 e. The Hall–Kier alpha value is -0.950. The van der Waals surface area contributed by atoms with Gasteiger partial charge in [0.15, 0.2) is 0 Å². The Morgan fingerprint density at radius 3 is 2.72 bits per heavy atom. The topological polar surface area (TPSA) is 75.4 Å². The zero-order chi connectivity index (χ0) is 13.0. The Balaban J connectivity index is 2.04. The summed E-state index contributed by atoms with van der Waals surface area (Å²) in [5.41, 5.74) is 7.68. The smallest absolute Gasteiger partial charge is 0.279 e. The zero-order valence-corrected chi connectivity index (χ0v) is 11.1. The number of nitrogens with zero attached hydrogens (tertiary/aromatic N) is 1. The molecule has 18 heavy (non-hydrogen) atoms. The molecule has 0 amide bonds. The van der Waals surface area contributed by atoms with Gasteiger partial charge in [0.1, 0.15) is 0 Å². The fraction of sp³-hybridized carbons (Fsp3) is 0.500. The number of nitrogens with one attached hydrogen (secondary N) is 1. The summed E-state index contributed by atoms with van der Waals surface area (Å²) in [5, 5.41) is 0. The zero-order valence-electron chi connectivity index (χ0n) is 10.3. The standard InChI is InChI=1S/C12H19N3O2S/c13-7-3-8-14-18(16,17)15-9-6-11-4-1-2-5-12(11)10-15/h1-2,4-5,14H,3,6-10,13H2. The van der Waals surface area contributed by atoms with Gasteiger partial charge >= 0.3 is 0 Å². The Labute approximate surface area is 108 Å². The molecular formula is C12H19N3O2S. The number of hydrogen-bond donors (Lipinski definition) is 2. The largest absolute Gasteiger partial charge is 0.330 e. The fourth-order valence-corrected chi connectivity index (χ4v) is 3.30. The molecule has 1 aliphatic heterocycles. The van der Waals surface area contributed by atoms with Gasteiger partial charge in [0.25, 0.3) is 10.2 Å². The first-order valence-electron chi connectivity index (χ1n) is 6.15. The van der Waals surface area contributed by atoms with E-state index in [-0.39, 0.29) is 0 Å². The van der Waals surface area contributed by atoms with Gasteiger partial charge in [-0.15, -0.1) is 0 Å². The van der Waals surface area contributed by atoms with E-state index < -0.39 is 10.2 Å². The average Bonchev–Trinajstić information content (AvgIpc) is 2.38. The van der Waals surface area contributed by atoms with Crippen LogP contribution in [0.5, 0.6) is 0 Å². The Morgan fingerprint density at radius 2 is 2.00 bits per heavy atom. The van der Waals surface area contributed by atoms with E-state index in [1.54, 1.807) is 0 Å². The van der Waals surface area contributed by atoms with Gasteiger partial charge in [-0.1, -0.05) is 24.3 Å². The number of rotatable bonds is 5. The van der Waals surface area contributed by atoms with Gasteiger partial charge in [0.05, 0.1) is 0 Å². The molecule has 0 saturated heterocycles. The maximum Gasteiger partial charge on any atom is 0.279 e. The van der Waals surface area contributed by atoms with E-state index in [4.69, 9.17) is 5.73 Å². The molecule has 1 aromatic carbocycles. The van der Waals surface area contributed by atoms with Gasteiger partial charge < -0.3 is 5.73 Å². The van der Waals surface area contributed by atoms with Crippen LogP contribution in [0.3, 0.4) is 0 Å². The van der Waals surface area contributed by atoms with Crippen molar-refractivity contribution in [1.82, 2.24) is 9.03 Å². The molecule has 0 spiro atoms. The lowest BCUT2D eigenvalue weighted by atomic mass is 10.0. The summed E-state index contributed by atoms with van der Waals surface area (Å²) in [5.74, 6) is 0. The van der Waals surface area contributed by atoms with E-state index in [2.05, 4.69) is 10.8 Å². The predicted octanol–water partition coefficient (Wildman–Crippen LogP) is 0.228. The first-order valence-corrected chi connectivity index (χ1v) is 7.59. The van der Waals surface area contributed by atoms with Crippen LogP contribution < -0.4 is 10.5 Å². The molecule has 0 aromatic heterocycles. The summed E-state index contributed by atoms with van der Waals surface area (Å²) in [4.78, 5) is 0. The third-order valence-electron chi connectivity index (χ3n) is 3.10. The third-order valence-corrected chi connectivity index (χ3v) is 4.66. The third kappa shape index (κ3) is 3.08. The van der Waals surface area contributed by atoms with Crippen LogP contribution in [0.4, 0.5) is 0 Å². The van der Waals surface area contributed by atoms with Crippen LogP contribution in [0.2, 0.25) is 0 Å². The molecule has 1 heterocycles. The first-order chi connectivity index (χ1) is 8.63. The molecule has 100 valence electrons. The van der Waals surface area contributed by atoms with E-state index in [0.29, 0.717) is 32.6 Å². The van der Waals surface area contributed by atoms with Crippen molar-refractivity contribution >= 4 is 10.2 Å². The lowest BCUT2D eigenvalue weighted by molar-refractivity contribution is 0.384. The van der Waals surface area contributed by atoms with Gasteiger partial charge in [0, 0.05) is 19.6 Å². The Kier molecular flexibility index (Phi) is 4.34. The summed E-state index contributed by atoms with van der Waals surface area (Å²) in [7, 11) is -3.37. The van der Waals surface area contributed by atoms with Crippen molar-refractivity contribution < 1.29 is 8.42 Å². The van der Waals surface area contributed by atoms with E-state index in [1.807, 2.05) is 18.2 Å². The van der Waals surface area contributed by atoms with Crippen molar-refractivity contribution in [2.75, 3.05) is 19.6 Å². The highest BCUT2D eigenvalue weighted by molar-refractivity contribution is 7.87. The molecule has 1 aliphatic rings. The number of hydrogen-bond acceptors (Lipinski definition) is 3. The van der Waals surface area contributed by atoms with Crippen LogP contribution in [-0.4, -0.2) is 32.4 Å². The highest BCUT2D eigenvalue weighted by atomic mass is 32.2. The second-order valence-corrected chi connectivity index (χ2v) is 6.15. The van der Waals surface area contributed by atoms with Crippen LogP contribution in [0.1, 0.15) is 17.5 Å². The summed E-state index contributed by atoms with van der Waals surface area (Å²) >= 11 is 0. The van der Waals surface area contributed by atoms with Gasteiger partial charge in [-0.2, -0.15) is 12.7 Å². The average molecular weight is 269 g/mol. The second kappa shape index (κ2) is 5.79. The first kappa shape index (κ1) is 13.5. The molecule has 0 bridgehead atoms. The number of benzene rings is 1. The van der Waals surface area contributed by atoms with E-state index in [9.17, 15) is 8.42 Å². The van der Waals surface area contributed by atoms with E-state index in [1.165, 1.54) is 9.87 Å². The highest BCUT2D eigenvalue weighted by Crippen LogP contribution is 2.20. The van der Waals surface area contributed by atoms with Gasteiger partial charge in [-0.25, -0.2) is 4.72 Å². The molecule has 1 aromatic rings. The van der Waals surface area contributed by atoms with Crippen molar-refractivity contribution in [3.05, 3.63) is 35.4 Å². The lowest BCUT2D eigenvalue weighted by Gasteiger charge is -2.28. The molecular weight excluding hydrogens is 250 g/mol. The molecule has 0 saturated carbocycles. The van der Waals surface area contributed by atoms with Crippen LogP contribution in [0.15, 0.2) is 24.3 Å². The molecule has 0 unspecified atom stereocenters. The van der Waals surface area contributed by atoms with Crippen LogP contribution in [-0.2, 0) is 23.2 Å². The lowest BCUT2D eigenvalue weighted by Crippen LogP contribution is -2.43. The van der Waals surface area contributed by atoms with Gasteiger partial charge in [-0.3, -0.25) is 0 Å². The minimum atomic E-state index is -3.37. The molecule has 2 rings (SSSR count). The molecule has 6 heteroatoms. The highest BCUT2D eigenvalue weighted by Gasteiger charge is 2.25. The number of fused-ring (bicyclic) bond motifs is 1. The molecule has 0 fully saturated rings. The number of nitrogens with two attached hydrogens (primary N) is 1. The van der Waals surface area contributed by atoms with Crippen molar-refractivity contribution in [1.29, 1.82) is 0 Å². The van der Waals surface area contributed by atoms with Crippen molar-refractivity contribution in [3.8, 4) is 0 Å². The SMILES string of the molecule is NCCCNS(=O)(=O)N1CCc2ccccc2C1. The van der Waals surface area contributed by atoms with E-state index >= 15 is 0 Å². The summed E-state index contributed by atoms with van der Waals surface area (Å²) in [6, 6.07) is 7.97. The molecule has 0 atom stereocenters. The van der Waals surface area contributed by atoms with Crippen molar-refractivity contribution in [2.45, 2.75) is 19.4 Å². The minimum absolute atomic E-state index is 0.400. The summed E-state index contributed by atoms with van der Waals surface area (Å²) < 4.78 is 28.2. The molecule has 0 aliphatic carbocycles. The quantitative estimate of drug-likeness (QED) is 0.751. The van der Waals surface area contributed by atoms with Crippen molar-refractivity contribution in [3.63, 3.8) is 0 Å². The predicted molar refractivity (Wildman–Crippen MR) is 71.1 cm³/mol. The Bertz CT molecular complexity index is 502. The van der Waals surface area contributed by atoms with Crippen LogP contribution in [0.25, 0.3) is 0 Å². The molecule has 5 nitrogen and oxygen atoms in total. The molecule has 3 N–H and O–H groups in total. The monoisotopic (exact) mass is 269 g/mol. The second-order valence-electron chi connectivity index (χ2n) is 4.39. The Morgan fingerprint density at radius 1 is 1.28 bits per heavy atom. The maximum atomic E-state index is 12.0. The van der Waals surface area contributed by atoms with Gasteiger partial charge in [0.2, 0.25) is 0 Å². The van der Waals surface area contributed by atoms with Crippen LogP contribution >= 0.6 is 0 Å². The van der Waals surface area contributed by atoms with Crippen LogP contribution in [0, 0.1) is 0 Å². The van der Waals surface area contributed by atoms with Gasteiger partial charge in [-0.05, 0) is 30.5 Å². The summed E-state index contributed by atoms with van der Waals surface area (Å²) in [6.07, 6.45) is 1.43. The normalized spacial score (nSPS) is 16.5.